The first kappa shape index (κ1) is 21.1. The van der Waals surface area contributed by atoms with Crippen LogP contribution in [0.1, 0.15) is 19.8 Å². The van der Waals surface area contributed by atoms with E-state index < -0.39 is 0 Å². The van der Waals surface area contributed by atoms with Crippen LogP contribution in [0.4, 0.5) is 5.69 Å². The summed E-state index contributed by atoms with van der Waals surface area (Å²) in [5, 5.41) is 5.32. The molecular weight excluding hydrogens is 360 g/mol. The maximum absolute atomic E-state index is 11.9. The van der Waals surface area contributed by atoms with Crippen molar-refractivity contribution >= 4 is 17.5 Å². The molecule has 150 valence electrons. The Morgan fingerprint density at radius 2 is 1.46 bits per heavy atom. The number of anilines is 1. The molecule has 0 aromatic heterocycles. The van der Waals surface area contributed by atoms with Gasteiger partial charge in [0.1, 0.15) is 17.2 Å². The van der Waals surface area contributed by atoms with Gasteiger partial charge in [0.15, 0.2) is 0 Å². The van der Waals surface area contributed by atoms with Crippen molar-refractivity contribution in [2.75, 3.05) is 32.2 Å². The summed E-state index contributed by atoms with van der Waals surface area (Å²) >= 11 is 0. The normalized spacial score (nSPS) is 10.1. The maximum atomic E-state index is 11.9. The number of rotatable bonds is 11. The molecule has 0 atom stereocenters. The summed E-state index contributed by atoms with van der Waals surface area (Å²) in [5.74, 6) is 1.74. The van der Waals surface area contributed by atoms with E-state index in [-0.39, 0.29) is 24.8 Å². The Balaban J connectivity index is 1.60. The fourth-order valence-electron chi connectivity index (χ4n) is 2.37. The molecule has 0 spiro atoms. The Kier molecular flexibility index (Phi) is 8.65. The third-order valence-corrected chi connectivity index (χ3v) is 3.77. The summed E-state index contributed by atoms with van der Waals surface area (Å²) in [7, 11) is 1.60. The molecule has 0 aliphatic carbocycles. The van der Waals surface area contributed by atoms with Crippen LogP contribution >= 0.6 is 0 Å². The van der Waals surface area contributed by atoms with E-state index in [4.69, 9.17) is 14.2 Å². The lowest BCUT2D eigenvalue weighted by molar-refractivity contribution is -0.124. The minimum atomic E-state index is -0.285. The largest absolute Gasteiger partial charge is 0.497 e. The van der Waals surface area contributed by atoms with E-state index in [1.165, 1.54) is 0 Å². The smallest absolute Gasteiger partial charge is 0.243 e. The molecule has 2 aromatic carbocycles. The van der Waals surface area contributed by atoms with E-state index in [0.29, 0.717) is 25.3 Å². The standard InChI is InChI=1S/C21H26N2O5/c1-3-27-18-8-6-16(7-9-18)23-21(25)15-22-20(24)5-4-14-28-19-12-10-17(26-2)11-13-19/h6-13H,3-5,14-15H2,1-2H3,(H,22,24)(H,23,25). The van der Waals surface area contributed by atoms with Crippen molar-refractivity contribution in [2.24, 2.45) is 0 Å². The highest BCUT2D eigenvalue weighted by molar-refractivity contribution is 5.94. The van der Waals surface area contributed by atoms with E-state index in [1.54, 1.807) is 31.4 Å². The first-order chi connectivity index (χ1) is 13.6. The Bertz CT molecular complexity index is 744. The molecule has 0 saturated heterocycles. The van der Waals surface area contributed by atoms with Gasteiger partial charge in [0.05, 0.1) is 26.9 Å². The molecule has 0 bridgehead atoms. The average molecular weight is 386 g/mol. The molecule has 0 aliphatic heterocycles. The summed E-state index contributed by atoms with van der Waals surface area (Å²) in [6, 6.07) is 14.3. The van der Waals surface area contributed by atoms with E-state index in [0.717, 1.165) is 17.2 Å². The van der Waals surface area contributed by atoms with Crippen LogP contribution < -0.4 is 24.8 Å². The zero-order valence-electron chi connectivity index (χ0n) is 16.2. The lowest BCUT2D eigenvalue weighted by Gasteiger charge is -2.09. The van der Waals surface area contributed by atoms with E-state index in [1.807, 2.05) is 31.2 Å². The second kappa shape index (κ2) is 11.5. The van der Waals surface area contributed by atoms with Crippen LogP contribution in [0.2, 0.25) is 0 Å². The van der Waals surface area contributed by atoms with Gasteiger partial charge in [0.2, 0.25) is 11.8 Å². The van der Waals surface area contributed by atoms with Gasteiger partial charge in [-0.2, -0.15) is 0 Å². The van der Waals surface area contributed by atoms with Gasteiger partial charge in [-0.3, -0.25) is 9.59 Å². The van der Waals surface area contributed by atoms with Gasteiger partial charge in [-0.05, 0) is 61.9 Å². The lowest BCUT2D eigenvalue weighted by Crippen LogP contribution is -2.32. The minimum Gasteiger partial charge on any atom is -0.497 e. The predicted molar refractivity (Wildman–Crippen MR) is 107 cm³/mol. The molecule has 0 aliphatic rings. The molecule has 2 N–H and O–H groups in total. The molecule has 0 heterocycles. The first-order valence-electron chi connectivity index (χ1n) is 9.17. The third kappa shape index (κ3) is 7.57. The number of methoxy groups -OCH3 is 1. The van der Waals surface area contributed by atoms with Crippen molar-refractivity contribution in [3.8, 4) is 17.2 Å². The number of hydrogen-bond donors (Lipinski definition) is 2. The zero-order chi connectivity index (χ0) is 20.2. The second-order valence-corrected chi connectivity index (χ2v) is 5.91. The molecule has 0 radical (unpaired) electrons. The highest BCUT2D eigenvalue weighted by atomic mass is 16.5. The molecular formula is C21H26N2O5. The van der Waals surface area contributed by atoms with Crippen LogP contribution in [0.3, 0.4) is 0 Å². The number of amides is 2. The van der Waals surface area contributed by atoms with Crippen molar-refractivity contribution in [3.05, 3.63) is 48.5 Å². The zero-order valence-corrected chi connectivity index (χ0v) is 16.2. The number of nitrogens with one attached hydrogen (secondary N) is 2. The Morgan fingerprint density at radius 1 is 0.857 bits per heavy atom. The molecule has 0 fully saturated rings. The van der Waals surface area contributed by atoms with Crippen LogP contribution in [0.25, 0.3) is 0 Å². The van der Waals surface area contributed by atoms with E-state index in [9.17, 15) is 9.59 Å². The molecule has 2 rings (SSSR count). The van der Waals surface area contributed by atoms with Crippen LogP contribution in [-0.2, 0) is 9.59 Å². The molecule has 2 amide bonds. The van der Waals surface area contributed by atoms with Crippen LogP contribution in [0, 0.1) is 0 Å². The van der Waals surface area contributed by atoms with E-state index in [2.05, 4.69) is 10.6 Å². The lowest BCUT2D eigenvalue weighted by atomic mass is 10.3. The Labute approximate surface area is 165 Å². The average Bonchev–Trinajstić information content (AvgIpc) is 2.72. The van der Waals surface area contributed by atoms with Gasteiger partial charge in [0, 0.05) is 12.1 Å². The van der Waals surface area contributed by atoms with Gasteiger partial charge in [0.25, 0.3) is 0 Å². The maximum Gasteiger partial charge on any atom is 0.243 e. The molecule has 7 heteroatoms. The SMILES string of the molecule is CCOc1ccc(NC(=O)CNC(=O)CCCOc2ccc(OC)cc2)cc1. The minimum absolute atomic E-state index is 0.0780. The Hall–Kier alpha value is -3.22. The summed E-state index contributed by atoms with van der Waals surface area (Å²) in [6.45, 7) is 2.83. The van der Waals surface area contributed by atoms with Gasteiger partial charge in [-0.25, -0.2) is 0 Å². The number of carbonyl (C=O) groups is 2. The third-order valence-electron chi connectivity index (χ3n) is 3.77. The highest BCUT2D eigenvalue weighted by Crippen LogP contribution is 2.17. The van der Waals surface area contributed by atoms with Gasteiger partial charge < -0.3 is 24.8 Å². The van der Waals surface area contributed by atoms with Crippen molar-refractivity contribution < 1.29 is 23.8 Å². The monoisotopic (exact) mass is 386 g/mol. The quantitative estimate of drug-likeness (QED) is 0.580. The van der Waals surface area contributed by atoms with Gasteiger partial charge in [-0.15, -0.1) is 0 Å². The summed E-state index contributed by atoms with van der Waals surface area (Å²) in [6.07, 6.45) is 0.838. The molecule has 7 nitrogen and oxygen atoms in total. The van der Waals surface area contributed by atoms with Gasteiger partial charge in [-0.1, -0.05) is 0 Å². The van der Waals surface area contributed by atoms with Crippen LogP contribution in [-0.4, -0.2) is 38.7 Å². The summed E-state index contributed by atoms with van der Waals surface area (Å²) < 4.78 is 16.0. The second-order valence-electron chi connectivity index (χ2n) is 5.91. The van der Waals surface area contributed by atoms with Crippen molar-refractivity contribution in [1.29, 1.82) is 0 Å². The van der Waals surface area contributed by atoms with Crippen LogP contribution in [0.5, 0.6) is 17.2 Å². The molecule has 2 aromatic rings. The number of ether oxygens (including phenoxy) is 3. The number of carbonyl (C=O) groups excluding carboxylic acids is 2. The first-order valence-corrected chi connectivity index (χ1v) is 9.17. The van der Waals surface area contributed by atoms with E-state index >= 15 is 0 Å². The molecule has 0 saturated carbocycles. The van der Waals surface area contributed by atoms with Crippen LogP contribution in [0.15, 0.2) is 48.5 Å². The summed E-state index contributed by atoms with van der Waals surface area (Å²) in [5.41, 5.74) is 0.649. The Morgan fingerprint density at radius 3 is 2.11 bits per heavy atom. The van der Waals surface area contributed by atoms with Crippen molar-refractivity contribution in [3.63, 3.8) is 0 Å². The van der Waals surface area contributed by atoms with Gasteiger partial charge >= 0.3 is 0 Å². The van der Waals surface area contributed by atoms with Crippen molar-refractivity contribution in [1.82, 2.24) is 5.32 Å². The number of benzene rings is 2. The fraction of sp³-hybridized carbons (Fsp3) is 0.333. The number of hydrogen-bond acceptors (Lipinski definition) is 5. The van der Waals surface area contributed by atoms with Crippen molar-refractivity contribution in [2.45, 2.75) is 19.8 Å². The molecule has 0 unspecified atom stereocenters. The topological polar surface area (TPSA) is 85.9 Å². The fourth-order valence-corrected chi connectivity index (χ4v) is 2.37. The highest BCUT2D eigenvalue weighted by Gasteiger charge is 2.06. The summed E-state index contributed by atoms with van der Waals surface area (Å²) in [4.78, 5) is 23.7. The molecule has 28 heavy (non-hydrogen) atoms. The predicted octanol–water partition coefficient (Wildman–Crippen LogP) is 3.01.